The van der Waals surface area contributed by atoms with Crippen molar-refractivity contribution in [3.05, 3.63) is 52.2 Å². The number of benzene rings is 1. The Labute approximate surface area is 161 Å². The van der Waals surface area contributed by atoms with Gasteiger partial charge < -0.3 is 10.1 Å². The van der Waals surface area contributed by atoms with E-state index in [0.717, 1.165) is 31.9 Å². The van der Waals surface area contributed by atoms with Crippen molar-refractivity contribution >= 4 is 36.2 Å². The predicted molar refractivity (Wildman–Crippen MR) is 107 cm³/mol. The van der Waals surface area contributed by atoms with Crippen LogP contribution in [0.25, 0.3) is 0 Å². The molecular formula is C18H26Cl2N2OS. The molecule has 1 aliphatic rings. The van der Waals surface area contributed by atoms with Crippen molar-refractivity contribution in [3.63, 3.8) is 0 Å². The maximum atomic E-state index is 5.76. The third-order valence-corrected chi connectivity index (χ3v) is 4.82. The van der Waals surface area contributed by atoms with Crippen LogP contribution in [-0.2, 0) is 0 Å². The number of rotatable bonds is 5. The Balaban J connectivity index is 0.00000144. The molecule has 0 bridgehead atoms. The number of hydrogen-bond acceptors (Lipinski definition) is 4. The topological polar surface area (TPSA) is 24.5 Å². The van der Waals surface area contributed by atoms with Crippen LogP contribution in [0.5, 0.6) is 5.75 Å². The van der Waals surface area contributed by atoms with E-state index < -0.39 is 0 Å². The molecule has 0 aliphatic carbocycles. The number of ether oxygens (including phenoxy) is 1. The molecule has 2 heterocycles. The Morgan fingerprint density at radius 1 is 1.04 bits per heavy atom. The first-order chi connectivity index (χ1) is 10.7. The van der Waals surface area contributed by atoms with E-state index in [0.29, 0.717) is 6.04 Å². The first-order valence-electron chi connectivity index (χ1n) is 7.99. The SMILES string of the molecule is CC(C)Oc1ccc([C@H](c2cccs2)N2CCNCC2)cc1.Cl.Cl. The molecule has 24 heavy (non-hydrogen) atoms. The van der Waals surface area contributed by atoms with E-state index in [9.17, 15) is 0 Å². The van der Waals surface area contributed by atoms with Crippen molar-refractivity contribution in [2.75, 3.05) is 26.2 Å². The maximum absolute atomic E-state index is 5.76. The molecule has 2 aromatic rings. The maximum Gasteiger partial charge on any atom is 0.119 e. The molecule has 0 amide bonds. The minimum Gasteiger partial charge on any atom is -0.491 e. The highest BCUT2D eigenvalue weighted by Gasteiger charge is 2.24. The lowest BCUT2D eigenvalue weighted by Gasteiger charge is -2.34. The molecule has 3 rings (SSSR count). The summed E-state index contributed by atoms with van der Waals surface area (Å²) in [5, 5.41) is 5.61. The van der Waals surface area contributed by atoms with Crippen molar-refractivity contribution in [2.24, 2.45) is 0 Å². The quantitative estimate of drug-likeness (QED) is 0.822. The minimum atomic E-state index is 0. The zero-order valence-electron chi connectivity index (χ0n) is 14.1. The largest absolute Gasteiger partial charge is 0.491 e. The Kier molecular flexibility index (Phi) is 9.09. The van der Waals surface area contributed by atoms with Crippen LogP contribution in [0.15, 0.2) is 41.8 Å². The number of thiophene rings is 1. The summed E-state index contributed by atoms with van der Waals surface area (Å²) < 4.78 is 5.76. The van der Waals surface area contributed by atoms with E-state index >= 15 is 0 Å². The van der Waals surface area contributed by atoms with Crippen LogP contribution < -0.4 is 10.1 Å². The van der Waals surface area contributed by atoms with E-state index in [1.807, 2.05) is 11.3 Å². The van der Waals surface area contributed by atoms with Crippen LogP contribution in [0.1, 0.15) is 30.3 Å². The molecule has 1 aromatic heterocycles. The number of nitrogens with one attached hydrogen (secondary N) is 1. The summed E-state index contributed by atoms with van der Waals surface area (Å²) >= 11 is 1.84. The van der Waals surface area contributed by atoms with Gasteiger partial charge in [-0.25, -0.2) is 0 Å². The Bertz CT molecular complexity index is 569. The third-order valence-electron chi connectivity index (χ3n) is 3.90. The molecule has 3 nitrogen and oxygen atoms in total. The fourth-order valence-corrected chi connectivity index (χ4v) is 3.83. The summed E-state index contributed by atoms with van der Waals surface area (Å²) in [5.41, 5.74) is 1.35. The molecule has 0 radical (unpaired) electrons. The lowest BCUT2D eigenvalue weighted by atomic mass is 10.0. The molecule has 0 saturated carbocycles. The van der Waals surface area contributed by atoms with Crippen LogP contribution >= 0.6 is 36.2 Å². The molecule has 1 fully saturated rings. The van der Waals surface area contributed by atoms with Gasteiger partial charge in [-0.1, -0.05) is 18.2 Å². The molecule has 1 saturated heterocycles. The van der Waals surface area contributed by atoms with Gasteiger partial charge in [-0.15, -0.1) is 36.2 Å². The number of nitrogens with zero attached hydrogens (tertiary/aromatic N) is 1. The first kappa shape index (κ1) is 21.3. The van der Waals surface area contributed by atoms with E-state index in [1.54, 1.807) is 0 Å². The zero-order chi connectivity index (χ0) is 15.4. The van der Waals surface area contributed by atoms with Crippen molar-refractivity contribution in [1.29, 1.82) is 0 Å². The fraction of sp³-hybridized carbons (Fsp3) is 0.444. The molecule has 134 valence electrons. The minimum absolute atomic E-state index is 0. The molecule has 1 N–H and O–H groups in total. The summed E-state index contributed by atoms with van der Waals surface area (Å²) in [5.74, 6) is 0.948. The third kappa shape index (κ3) is 5.36. The number of piperazine rings is 1. The second-order valence-electron chi connectivity index (χ2n) is 5.94. The number of halogens is 2. The highest BCUT2D eigenvalue weighted by atomic mass is 35.5. The van der Waals surface area contributed by atoms with Gasteiger partial charge in [0.15, 0.2) is 0 Å². The molecule has 1 atom stereocenters. The predicted octanol–water partition coefficient (Wildman–Crippen LogP) is 4.37. The van der Waals surface area contributed by atoms with Crippen LogP contribution in [0.4, 0.5) is 0 Å². The van der Waals surface area contributed by atoms with Crippen LogP contribution in [0.3, 0.4) is 0 Å². The summed E-state index contributed by atoms with van der Waals surface area (Å²) in [6, 6.07) is 13.4. The highest BCUT2D eigenvalue weighted by Crippen LogP contribution is 2.32. The van der Waals surface area contributed by atoms with Gasteiger partial charge in [0.25, 0.3) is 0 Å². The Morgan fingerprint density at radius 3 is 2.25 bits per heavy atom. The van der Waals surface area contributed by atoms with E-state index in [-0.39, 0.29) is 30.9 Å². The number of hydrogen-bond donors (Lipinski definition) is 1. The molecule has 1 aliphatic heterocycles. The molecule has 6 heteroatoms. The van der Waals surface area contributed by atoms with E-state index in [1.165, 1.54) is 10.4 Å². The molecule has 0 spiro atoms. The van der Waals surface area contributed by atoms with Gasteiger partial charge in [0.1, 0.15) is 5.75 Å². The van der Waals surface area contributed by atoms with Gasteiger partial charge >= 0.3 is 0 Å². The smallest absolute Gasteiger partial charge is 0.119 e. The van der Waals surface area contributed by atoms with Gasteiger partial charge in [-0.05, 0) is 43.0 Å². The summed E-state index contributed by atoms with van der Waals surface area (Å²) in [4.78, 5) is 3.99. The monoisotopic (exact) mass is 388 g/mol. The van der Waals surface area contributed by atoms with Gasteiger partial charge in [0.2, 0.25) is 0 Å². The van der Waals surface area contributed by atoms with Gasteiger partial charge in [-0.3, -0.25) is 4.90 Å². The highest BCUT2D eigenvalue weighted by molar-refractivity contribution is 7.10. The summed E-state index contributed by atoms with van der Waals surface area (Å²) in [6.45, 7) is 8.43. The normalized spacial score (nSPS) is 16.1. The van der Waals surface area contributed by atoms with Crippen molar-refractivity contribution < 1.29 is 4.74 Å². The van der Waals surface area contributed by atoms with Crippen LogP contribution in [-0.4, -0.2) is 37.2 Å². The van der Waals surface area contributed by atoms with Crippen LogP contribution in [0, 0.1) is 0 Å². The standard InChI is InChI=1S/C18H24N2OS.2ClH/c1-14(2)21-16-7-5-15(6-8-16)18(17-4-3-13-22-17)20-11-9-19-10-12-20;;/h3-8,13-14,18-19H,9-12H2,1-2H3;2*1H/t18-;;/m1../s1. The lowest BCUT2D eigenvalue weighted by molar-refractivity contribution is 0.200. The fourth-order valence-electron chi connectivity index (χ4n) is 2.94. The molecular weight excluding hydrogens is 363 g/mol. The van der Waals surface area contributed by atoms with Crippen molar-refractivity contribution in [1.82, 2.24) is 10.2 Å². The first-order valence-corrected chi connectivity index (χ1v) is 8.87. The van der Waals surface area contributed by atoms with Crippen LogP contribution in [0.2, 0.25) is 0 Å². The lowest BCUT2D eigenvalue weighted by Crippen LogP contribution is -2.45. The molecule has 0 unspecified atom stereocenters. The molecule has 1 aromatic carbocycles. The van der Waals surface area contributed by atoms with E-state index in [2.05, 4.69) is 65.8 Å². The second-order valence-corrected chi connectivity index (χ2v) is 6.92. The Hall–Kier alpha value is -0.780. The van der Waals surface area contributed by atoms with Crippen molar-refractivity contribution in [3.8, 4) is 5.75 Å². The summed E-state index contributed by atoms with van der Waals surface area (Å²) in [6.07, 6.45) is 0.215. The summed E-state index contributed by atoms with van der Waals surface area (Å²) in [7, 11) is 0. The van der Waals surface area contributed by atoms with E-state index in [4.69, 9.17) is 4.74 Å². The van der Waals surface area contributed by atoms with Gasteiger partial charge in [0.05, 0.1) is 12.1 Å². The zero-order valence-corrected chi connectivity index (χ0v) is 16.6. The van der Waals surface area contributed by atoms with Gasteiger partial charge in [0, 0.05) is 31.1 Å². The average molecular weight is 389 g/mol. The Morgan fingerprint density at radius 2 is 1.71 bits per heavy atom. The second kappa shape index (κ2) is 10.3. The van der Waals surface area contributed by atoms with Crippen molar-refractivity contribution in [2.45, 2.75) is 26.0 Å². The van der Waals surface area contributed by atoms with Gasteiger partial charge in [-0.2, -0.15) is 0 Å². The average Bonchev–Trinajstić information content (AvgIpc) is 3.04.